The molecule has 0 saturated heterocycles. The molecule has 0 spiro atoms. The van der Waals surface area contributed by atoms with Crippen molar-refractivity contribution in [2.24, 2.45) is 0 Å². The van der Waals surface area contributed by atoms with E-state index in [0.717, 1.165) is 4.88 Å². The van der Waals surface area contributed by atoms with E-state index in [2.05, 4.69) is 22.1 Å². The first kappa shape index (κ1) is 13.3. The van der Waals surface area contributed by atoms with E-state index in [1.54, 1.807) is 24.4 Å². The van der Waals surface area contributed by atoms with Gasteiger partial charge in [-0.05, 0) is 31.2 Å². The van der Waals surface area contributed by atoms with E-state index in [-0.39, 0.29) is 12.5 Å². The number of aryl methyl sites for hydroxylation is 1. The molecule has 0 unspecified atom stereocenters. The standard InChI is InChI=1S/C14H12N2O2S/c1-10-4-5-12(19-10)14(18)16-13-9-11(3-2-8-17)6-7-15-13/h4-7,9,17H,8H2,1H3,(H,15,16,18). The van der Waals surface area contributed by atoms with Crippen LogP contribution in [0.1, 0.15) is 20.1 Å². The highest BCUT2D eigenvalue weighted by atomic mass is 32.1. The van der Waals surface area contributed by atoms with Gasteiger partial charge in [-0.25, -0.2) is 4.98 Å². The van der Waals surface area contributed by atoms with Crippen molar-refractivity contribution in [3.05, 3.63) is 45.8 Å². The number of rotatable bonds is 2. The monoisotopic (exact) mass is 272 g/mol. The highest BCUT2D eigenvalue weighted by Crippen LogP contribution is 2.16. The van der Waals surface area contributed by atoms with Gasteiger partial charge in [0.05, 0.1) is 4.88 Å². The predicted molar refractivity (Wildman–Crippen MR) is 75.2 cm³/mol. The molecular weight excluding hydrogens is 260 g/mol. The van der Waals surface area contributed by atoms with Crippen LogP contribution in [0.2, 0.25) is 0 Å². The van der Waals surface area contributed by atoms with Crippen LogP contribution in [-0.4, -0.2) is 22.6 Å². The lowest BCUT2D eigenvalue weighted by Crippen LogP contribution is -2.11. The van der Waals surface area contributed by atoms with Gasteiger partial charge >= 0.3 is 0 Å². The zero-order valence-electron chi connectivity index (χ0n) is 10.3. The van der Waals surface area contributed by atoms with Gasteiger partial charge in [-0.3, -0.25) is 4.79 Å². The highest BCUT2D eigenvalue weighted by Gasteiger charge is 2.08. The average molecular weight is 272 g/mol. The number of carbonyl (C=O) groups is 1. The van der Waals surface area contributed by atoms with E-state index in [0.29, 0.717) is 16.3 Å². The van der Waals surface area contributed by atoms with E-state index in [1.165, 1.54) is 11.3 Å². The molecule has 2 rings (SSSR count). The first-order valence-corrected chi connectivity index (χ1v) is 6.44. The van der Waals surface area contributed by atoms with Gasteiger partial charge in [0, 0.05) is 16.6 Å². The van der Waals surface area contributed by atoms with Crippen LogP contribution < -0.4 is 5.32 Å². The van der Waals surface area contributed by atoms with Crippen LogP contribution in [0.4, 0.5) is 5.82 Å². The summed E-state index contributed by atoms with van der Waals surface area (Å²) >= 11 is 1.43. The number of anilines is 1. The van der Waals surface area contributed by atoms with E-state index >= 15 is 0 Å². The Morgan fingerprint density at radius 1 is 1.47 bits per heavy atom. The Balaban J connectivity index is 2.13. The smallest absolute Gasteiger partial charge is 0.266 e. The molecule has 0 saturated carbocycles. The number of nitrogens with zero attached hydrogens (tertiary/aromatic N) is 1. The second-order valence-electron chi connectivity index (χ2n) is 3.75. The predicted octanol–water partition coefficient (Wildman–Crippen LogP) is 2.05. The molecule has 96 valence electrons. The maximum absolute atomic E-state index is 11.9. The summed E-state index contributed by atoms with van der Waals surface area (Å²) in [4.78, 5) is 17.7. The molecule has 2 heterocycles. The summed E-state index contributed by atoms with van der Waals surface area (Å²) in [7, 11) is 0. The number of aliphatic hydroxyl groups excluding tert-OH is 1. The summed E-state index contributed by atoms with van der Waals surface area (Å²) in [6.07, 6.45) is 1.57. The lowest BCUT2D eigenvalue weighted by atomic mass is 10.2. The highest BCUT2D eigenvalue weighted by molar-refractivity contribution is 7.14. The minimum absolute atomic E-state index is 0.183. The lowest BCUT2D eigenvalue weighted by molar-refractivity contribution is 0.103. The Labute approximate surface area is 115 Å². The van der Waals surface area contributed by atoms with Crippen molar-refractivity contribution >= 4 is 23.1 Å². The minimum atomic E-state index is -0.196. The Hall–Kier alpha value is -2.16. The number of aromatic nitrogens is 1. The number of amides is 1. The van der Waals surface area contributed by atoms with E-state index < -0.39 is 0 Å². The SMILES string of the molecule is Cc1ccc(C(=O)Nc2cc(C#CCO)ccn2)s1. The number of carbonyl (C=O) groups excluding carboxylic acids is 1. The van der Waals surface area contributed by atoms with Crippen LogP contribution in [-0.2, 0) is 0 Å². The fraction of sp³-hybridized carbons (Fsp3) is 0.143. The molecule has 0 aliphatic heterocycles. The largest absolute Gasteiger partial charge is 0.384 e. The summed E-state index contributed by atoms with van der Waals surface area (Å²) < 4.78 is 0. The Kier molecular flexibility index (Phi) is 4.29. The van der Waals surface area contributed by atoms with Crippen LogP contribution in [0.25, 0.3) is 0 Å². The molecule has 0 bridgehead atoms. The fourth-order valence-electron chi connectivity index (χ4n) is 1.45. The van der Waals surface area contributed by atoms with Gasteiger partial charge in [-0.15, -0.1) is 11.3 Å². The molecular formula is C14H12N2O2S. The number of aliphatic hydroxyl groups is 1. The molecule has 0 aromatic carbocycles. The number of hydrogen-bond donors (Lipinski definition) is 2. The second-order valence-corrected chi connectivity index (χ2v) is 5.04. The molecule has 2 N–H and O–H groups in total. The van der Waals surface area contributed by atoms with Crippen LogP contribution in [0.3, 0.4) is 0 Å². The maximum atomic E-state index is 11.9. The van der Waals surface area contributed by atoms with Crippen molar-refractivity contribution in [3.8, 4) is 11.8 Å². The van der Waals surface area contributed by atoms with Crippen molar-refractivity contribution in [1.29, 1.82) is 0 Å². The van der Waals surface area contributed by atoms with E-state index in [9.17, 15) is 4.79 Å². The van der Waals surface area contributed by atoms with Gasteiger partial charge < -0.3 is 10.4 Å². The Morgan fingerprint density at radius 2 is 2.32 bits per heavy atom. The van der Waals surface area contributed by atoms with Gasteiger partial charge in [0.15, 0.2) is 0 Å². The normalized spacial score (nSPS) is 9.58. The van der Waals surface area contributed by atoms with Crippen molar-refractivity contribution in [2.75, 3.05) is 11.9 Å². The molecule has 1 amide bonds. The van der Waals surface area contributed by atoms with E-state index in [1.807, 2.05) is 13.0 Å². The van der Waals surface area contributed by atoms with Crippen LogP contribution in [0.15, 0.2) is 30.5 Å². The number of hydrogen-bond acceptors (Lipinski definition) is 4. The molecule has 5 heteroatoms. The topological polar surface area (TPSA) is 62.2 Å². The summed E-state index contributed by atoms with van der Waals surface area (Å²) in [6.45, 7) is 1.75. The summed E-state index contributed by atoms with van der Waals surface area (Å²) in [5, 5.41) is 11.4. The molecule has 0 aliphatic carbocycles. The summed E-state index contributed by atoms with van der Waals surface area (Å²) in [5.74, 6) is 5.57. The molecule has 2 aromatic heterocycles. The van der Waals surface area contributed by atoms with Gasteiger partial charge in [0.25, 0.3) is 5.91 Å². The molecule has 0 fully saturated rings. The zero-order chi connectivity index (χ0) is 13.7. The van der Waals surface area contributed by atoms with Crippen LogP contribution in [0.5, 0.6) is 0 Å². The average Bonchev–Trinajstić information content (AvgIpc) is 2.83. The van der Waals surface area contributed by atoms with Crippen molar-refractivity contribution in [1.82, 2.24) is 4.98 Å². The Morgan fingerprint density at radius 3 is 3.00 bits per heavy atom. The van der Waals surface area contributed by atoms with Gasteiger partial charge in [0.2, 0.25) is 0 Å². The van der Waals surface area contributed by atoms with Crippen molar-refractivity contribution in [2.45, 2.75) is 6.92 Å². The van der Waals surface area contributed by atoms with Crippen LogP contribution in [0, 0.1) is 18.8 Å². The maximum Gasteiger partial charge on any atom is 0.266 e. The number of nitrogens with one attached hydrogen (secondary N) is 1. The van der Waals surface area contributed by atoms with Crippen molar-refractivity contribution in [3.63, 3.8) is 0 Å². The third-order valence-electron chi connectivity index (χ3n) is 2.28. The van der Waals surface area contributed by atoms with Gasteiger partial charge in [-0.2, -0.15) is 0 Å². The minimum Gasteiger partial charge on any atom is -0.384 e. The first-order valence-electron chi connectivity index (χ1n) is 5.62. The molecule has 0 atom stereocenters. The molecule has 2 aromatic rings. The third kappa shape index (κ3) is 3.65. The first-order chi connectivity index (χ1) is 9.19. The molecule has 19 heavy (non-hydrogen) atoms. The lowest BCUT2D eigenvalue weighted by Gasteiger charge is -2.02. The fourth-order valence-corrected chi connectivity index (χ4v) is 2.22. The number of pyridine rings is 1. The molecule has 4 nitrogen and oxygen atoms in total. The summed E-state index contributed by atoms with van der Waals surface area (Å²) in [6, 6.07) is 7.07. The van der Waals surface area contributed by atoms with Gasteiger partial charge in [-0.1, -0.05) is 11.8 Å². The zero-order valence-corrected chi connectivity index (χ0v) is 11.1. The van der Waals surface area contributed by atoms with Crippen molar-refractivity contribution < 1.29 is 9.90 Å². The van der Waals surface area contributed by atoms with Gasteiger partial charge in [0.1, 0.15) is 12.4 Å². The molecule has 0 aliphatic rings. The molecule has 0 radical (unpaired) electrons. The second kappa shape index (κ2) is 6.14. The summed E-state index contributed by atoms with van der Waals surface area (Å²) in [5.41, 5.74) is 0.696. The Bertz CT molecular complexity index is 653. The van der Waals surface area contributed by atoms with E-state index in [4.69, 9.17) is 5.11 Å². The van der Waals surface area contributed by atoms with Crippen LogP contribution >= 0.6 is 11.3 Å². The quantitative estimate of drug-likeness (QED) is 0.822. The number of thiophene rings is 1. The third-order valence-corrected chi connectivity index (χ3v) is 3.28.